The molecule has 0 saturated carbocycles. The fourth-order valence-electron chi connectivity index (χ4n) is 1.79. The summed E-state index contributed by atoms with van der Waals surface area (Å²) < 4.78 is 42.9. The third kappa shape index (κ3) is 4.21. The van der Waals surface area contributed by atoms with Crippen LogP contribution in [0.25, 0.3) is 11.3 Å². The molecule has 0 spiro atoms. The molecule has 0 N–H and O–H groups in total. The lowest BCUT2D eigenvalue weighted by molar-refractivity contribution is -0.137. The molecule has 0 aliphatic heterocycles. The van der Waals surface area contributed by atoms with Crippen LogP contribution in [0.4, 0.5) is 13.2 Å². The number of rotatable bonds is 5. The normalized spacial score (nSPS) is 11.4. The number of halogens is 3. The second-order valence-electron chi connectivity index (χ2n) is 4.66. The SMILES string of the molecule is CCCCOc1ccc(-c2ccc(C(F)(F)F)cn2)cc1. The lowest BCUT2D eigenvalue weighted by Gasteiger charge is -2.08. The molecule has 5 heteroatoms. The zero-order valence-corrected chi connectivity index (χ0v) is 11.7. The van der Waals surface area contributed by atoms with Gasteiger partial charge in [0.25, 0.3) is 0 Å². The molecule has 0 aliphatic rings. The minimum atomic E-state index is -4.36. The summed E-state index contributed by atoms with van der Waals surface area (Å²) in [7, 11) is 0. The summed E-state index contributed by atoms with van der Waals surface area (Å²) in [5, 5.41) is 0. The Bertz CT molecular complexity index is 562. The van der Waals surface area contributed by atoms with Crippen molar-refractivity contribution in [2.75, 3.05) is 6.61 Å². The fourth-order valence-corrected chi connectivity index (χ4v) is 1.79. The molecule has 0 radical (unpaired) electrons. The topological polar surface area (TPSA) is 22.1 Å². The van der Waals surface area contributed by atoms with Gasteiger partial charge in [-0.25, -0.2) is 0 Å². The van der Waals surface area contributed by atoms with Crippen LogP contribution in [0.2, 0.25) is 0 Å². The predicted molar refractivity (Wildman–Crippen MR) is 75.1 cm³/mol. The Kier molecular flexibility index (Phi) is 4.83. The molecular formula is C16H16F3NO. The van der Waals surface area contributed by atoms with E-state index in [1.807, 2.05) is 0 Å². The molecule has 112 valence electrons. The number of benzene rings is 1. The molecular weight excluding hydrogens is 279 g/mol. The van der Waals surface area contributed by atoms with Gasteiger partial charge in [0.1, 0.15) is 5.75 Å². The number of alkyl halides is 3. The third-order valence-electron chi connectivity index (χ3n) is 3.01. The second kappa shape index (κ2) is 6.61. The van der Waals surface area contributed by atoms with E-state index < -0.39 is 11.7 Å². The summed E-state index contributed by atoms with van der Waals surface area (Å²) in [6, 6.07) is 9.58. The number of hydrogen-bond acceptors (Lipinski definition) is 2. The monoisotopic (exact) mass is 295 g/mol. The van der Waals surface area contributed by atoms with Crippen molar-refractivity contribution in [3.63, 3.8) is 0 Å². The van der Waals surface area contributed by atoms with Crippen LogP contribution < -0.4 is 4.74 Å². The Morgan fingerprint density at radius 1 is 1.05 bits per heavy atom. The molecule has 2 nitrogen and oxygen atoms in total. The maximum absolute atomic E-state index is 12.5. The molecule has 0 fully saturated rings. The Morgan fingerprint density at radius 3 is 2.29 bits per heavy atom. The first-order chi connectivity index (χ1) is 10.0. The molecule has 2 aromatic rings. The molecule has 0 bridgehead atoms. The van der Waals surface area contributed by atoms with Crippen molar-refractivity contribution < 1.29 is 17.9 Å². The minimum absolute atomic E-state index is 0.503. The van der Waals surface area contributed by atoms with Crippen molar-refractivity contribution >= 4 is 0 Å². The van der Waals surface area contributed by atoms with Crippen molar-refractivity contribution in [2.45, 2.75) is 25.9 Å². The van der Waals surface area contributed by atoms with E-state index in [1.54, 1.807) is 24.3 Å². The van der Waals surface area contributed by atoms with Crippen molar-refractivity contribution in [1.82, 2.24) is 4.98 Å². The number of unbranched alkanes of at least 4 members (excludes halogenated alkanes) is 1. The number of pyridine rings is 1. The number of hydrogen-bond donors (Lipinski definition) is 0. The summed E-state index contributed by atoms with van der Waals surface area (Å²) in [5.41, 5.74) is 0.514. The highest BCUT2D eigenvalue weighted by Gasteiger charge is 2.30. The summed E-state index contributed by atoms with van der Waals surface area (Å²) in [5.74, 6) is 0.749. The van der Waals surface area contributed by atoms with Crippen molar-refractivity contribution in [2.24, 2.45) is 0 Å². The summed E-state index contributed by atoms with van der Waals surface area (Å²) in [6.45, 7) is 2.75. The van der Waals surface area contributed by atoms with Gasteiger partial charge in [-0.2, -0.15) is 13.2 Å². The van der Waals surface area contributed by atoms with Gasteiger partial charge in [0, 0.05) is 11.8 Å². The van der Waals surface area contributed by atoms with Gasteiger partial charge < -0.3 is 4.74 Å². The highest BCUT2D eigenvalue weighted by Crippen LogP contribution is 2.30. The molecule has 21 heavy (non-hydrogen) atoms. The maximum Gasteiger partial charge on any atom is 0.417 e. The highest BCUT2D eigenvalue weighted by atomic mass is 19.4. The van der Waals surface area contributed by atoms with Crippen LogP contribution in [0.3, 0.4) is 0 Å². The highest BCUT2D eigenvalue weighted by molar-refractivity contribution is 5.60. The van der Waals surface area contributed by atoms with E-state index in [0.717, 1.165) is 36.4 Å². The summed E-state index contributed by atoms with van der Waals surface area (Å²) >= 11 is 0. The van der Waals surface area contributed by atoms with E-state index >= 15 is 0 Å². The van der Waals surface area contributed by atoms with E-state index in [0.29, 0.717) is 12.3 Å². The van der Waals surface area contributed by atoms with E-state index in [4.69, 9.17) is 4.74 Å². The van der Waals surface area contributed by atoms with Crippen LogP contribution >= 0.6 is 0 Å². The molecule has 1 aromatic heterocycles. The van der Waals surface area contributed by atoms with E-state index in [-0.39, 0.29) is 0 Å². The van der Waals surface area contributed by atoms with Crippen LogP contribution in [0.15, 0.2) is 42.6 Å². The molecule has 0 saturated heterocycles. The van der Waals surface area contributed by atoms with E-state index in [1.165, 1.54) is 6.07 Å². The van der Waals surface area contributed by atoms with E-state index in [9.17, 15) is 13.2 Å². The Balaban J connectivity index is 2.08. The number of nitrogens with zero attached hydrogens (tertiary/aromatic N) is 1. The van der Waals surface area contributed by atoms with Gasteiger partial charge in [-0.05, 0) is 42.8 Å². The molecule has 0 amide bonds. The molecule has 0 atom stereocenters. The van der Waals surface area contributed by atoms with Gasteiger partial charge in [0.15, 0.2) is 0 Å². The first-order valence-electron chi connectivity index (χ1n) is 6.77. The zero-order chi connectivity index (χ0) is 15.3. The third-order valence-corrected chi connectivity index (χ3v) is 3.01. The summed E-state index contributed by atoms with van der Waals surface area (Å²) in [6.07, 6.45) is -1.46. The van der Waals surface area contributed by atoms with Crippen molar-refractivity contribution in [3.8, 4) is 17.0 Å². The van der Waals surface area contributed by atoms with Crippen LogP contribution in [-0.2, 0) is 6.18 Å². The van der Waals surface area contributed by atoms with E-state index in [2.05, 4.69) is 11.9 Å². The van der Waals surface area contributed by atoms with Gasteiger partial charge >= 0.3 is 6.18 Å². The van der Waals surface area contributed by atoms with Crippen LogP contribution in [-0.4, -0.2) is 11.6 Å². The average molecular weight is 295 g/mol. The Labute approximate surface area is 121 Å². The van der Waals surface area contributed by atoms with Crippen LogP contribution in [0.1, 0.15) is 25.3 Å². The molecule has 0 aliphatic carbocycles. The van der Waals surface area contributed by atoms with Crippen molar-refractivity contribution in [1.29, 1.82) is 0 Å². The molecule has 0 unspecified atom stereocenters. The molecule has 2 rings (SSSR count). The summed E-state index contributed by atoms with van der Waals surface area (Å²) in [4.78, 5) is 3.86. The Morgan fingerprint density at radius 2 is 1.76 bits per heavy atom. The van der Waals surface area contributed by atoms with Crippen molar-refractivity contribution in [3.05, 3.63) is 48.2 Å². The first-order valence-corrected chi connectivity index (χ1v) is 6.77. The number of aromatic nitrogens is 1. The predicted octanol–water partition coefficient (Wildman–Crippen LogP) is 4.95. The molecule has 1 heterocycles. The largest absolute Gasteiger partial charge is 0.494 e. The minimum Gasteiger partial charge on any atom is -0.494 e. The van der Waals surface area contributed by atoms with Gasteiger partial charge in [-0.15, -0.1) is 0 Å². The average Bonchev–Trinajstić information content (AvgIpc) is 2.48. The van der Waals surface area contributed by atoms with Crippen LogP contribution in [0.5, 0.6) is 5.75 Å². The van der Waals surface area contributed by atoms with Gasteiger partial charge in [0.2, 0.25) is 0 Å². The maximum atomic E-state index is 12.5. The number of ether oxygens (including phenoxy) is 1. The lowest BCUT2D eigenvalue weighted by atomic mass is 10.1. The zero-order valence-electron chi connectivity index (χ0n) is 11.7. The smallest absolute Gasteiger partial charge is 0.417 e. The Hall–Kier alpha value is -2.04. The molecule has 1 aromatic carbocycles. The van der Waals surface area contributed by atoms with Crippen LogP contribution in [0, 0.1) is 0 Å². The van der Waals surface area contributed by atoms with Gasteiger partial charge in [0.05, 0.1) is 17.9 Å². The fraction of sp³-hybridized carbons (Fsp3) is 0.312. The lowest BCUT2D eigenvalue weighted by Crippen LogP contribution is -2.05. The van der Waals surface area contributed by atoms with Gasteiger partial charge in [-0.1, -0.05) is 13.3 Å². The second-order valence-corrected chi connectivity index (χ2v) is 4.66. The van der Waals surface area contributed by atoms with Gasteiger partial charge in [-0.3, -0.25) is 4.98 Å². The first kappa shape index (κ1) is 15.4. The quantitative estimate of drug-likeness (QED) is 0.728. The standard InChI is InChI=1S/C16H16F3NO/c1-2-3-10-21-14-7-4-12(5-8-14)15-9-6-13(11-20-15)16(17,18)19/h4-9,11H,2-3,10H2,1H3.